The van der Waals surface area contributed by atoms with E-state index in [1.165, 1.54) is 6.07 Å². The van der Waals surface area contributed by atoms with Crippen LogP contribution in [0.2, 0.25) is 0 Å². The smallest absolute Gasteiger partial charge is 0.163 e. The molecule has 1 aliphatic heterocycles. The van der Waals surface area contributed by atoms with Crippen LogP contribution in [0.3, 0.4) is 0 Å². The summed E-state index contributed by atoms with van der Waals surface area (Å²) in [5.74, 6) is -1.63. The molecule has 0 bridgehead atoms. The van der Waals surface area contributed by atoms with E-state index in [1.807, 2.05) is 6.92 Å². The zero-order valence-electron chi connectivity index (χ0n) is 10.4. The van der Waals surface area contributed by atoms with Crippen LogP contribution >= 0.6 is 0 Å². The molecule has 2 rings (SSSR count). The molecule has 2 atom stereocenters. The molecule has 0 aliphatic carbocycles. The van der Waals surface area contributed by atoms with Gasteiger partial charge in [0.2, 0.25) is 0 Å². The lowest BCUT2D eigenvalue weighted by molar-refractivity contribution is -0.0669. The number of morpholine rings is 1. The molecular formula is C13H18F2N2O. The molecule has 2 unspecified atom stereocenters. The molecule has 0 spiro atoms. The number of rotatable bonds is 3. The molecule has 5 heteroatoms. The Morgan fingerprint density at radius 1 is 1.44 bits per heavy atom. The molecule has 100 valence electrons. The first-order valence-corrected chi connectivity index (χ1v) is 6.18. The van der Waals surface area contributed by atoms with Crippen LogP contribution in [-0.2, 0) is 4.74 Å². The van der Waals surface area contributed by atoms with Crippen molar-refractivity contribution in [2.24, 2.45) is 5.73 Å². The number of hydrogen-bond donors (Lipinski definition) is 1. The summed E-state index contributed by atoms with van der Waals surface area (Å²) in [5.41, 5.74) is 5.99. The van der Waals surface area contributed by atoms with Crippen LogP contribution in [-0.4, -0.2) is 37.2 Å². The van der Waals surface area contributed by atoms with E-state index in [4.69, 9.17) is 10.5 Å². The Kier molecular flexibility index (Phi) is 4.27. The van der Waals surface area contributed by atoms with Crippen LogP contribution in [0.15, 0.2) is 18.2 Å². The van der Waals surface area contributed by atoms with Crippen LogP contribution in [0, 0.1) is 11.6 Å². The molecule has 1 aliphatic rings. The largest absolute Gasteiger partial charge is 0.374 e. The first-order chi connectivity index (χ1) is 8.69. The van der Waals surface area contributed by atoms with Crippen molar-refractivity contribution < 1.29 is 13.5 Å². The van der Waals surface area contributed by atoms with Crippen molar-refractivity contribution in [1.82, 2.24) is 4.90 Å². The second-order valence-corrected chi connectivity index (χ2v) is 4.36. The van der Waals surface area contributed by atoms with Gasteiger partial charge < -0.3 is 10.5 Å². The highest BCUT2D eigenvalue weighted by atomic mass is 19.2. The fourth-order valence-electron chi connectivity index (χ4n) is 2.48. The Hall–Kier alpha value is -1.04. The third-order valence-electron chi connectivity index (χ3n) is 3.39. The van der Waals surface area contributed by atoms with Gasteiger partial charge in [-0.05, 0) is 12.6 Å². The molecule has 1 saturated heterocycles. The monoisotopic (exact) mass is 256 g/mol. The second kappa shape index (κ2) is 5.73. The summed E-state index contributed by atoms with van der Waals surface area (Å²) in [7, 11) is 0. The minimum atomic E-state index is -0.829. The summed E-state index contributed by atoms with van der Waals surface area (Å²) in [6, 6.07) is 3.92. The zero-order chi connectivity index (χ0) is 13.1. The van der Waals surface area contributed by atoms with Crippen molar-refractivity contribution in [1.29, 1.82) is 0 Å². The van der Waals surface area contributed by atoms with Gasteiger partial charge in [0.05, 0.1) is 18.8 Å². The lowest BCUT2D eigenvalue weighted by Gasteiger charge is -2.40. The van der Waals surface area contributed by atoms with Crippen molar-refractivity contribution in [3.05, 3.63) is 35.4 Å². The Morgan fingerprint density at radius 2 is 2.22 bits per heavy atom. The molecule has 2 N–H and O–H groups in total. The third kappa shape index (κ3) is 2.39. The van der Waals surface area contributed by atoms with Gasteiger partial charge in [0.1, 0.15) is 0 Å². The number of likely N-dealkylation sites (N-methyl/N-ethyl adjacent to an activating group) is 1. The fraction of sp³-hybridized carbons (Fsp3) is 0.538. The van der Waals surface area contributed by atoms with Gasteiger partial charge in [-0.25, -0.2) is 8.78 Å². The summed E-state index contributed by atoms with van der Waals surface area (Å²) in [4.78, 5) is 2.07. The van der Waals surface area contributed by atoms with Gasteiger partial charge in [0.15, 0.2) is 11.6 Å². The summed E-state index contributed by atoms with van der Waals surface area (Å²) < 4.78 is 32.8. The number of nitrogens with zero attached hydrogens (tertiary/aromatic N) is 1. The minimum Gasteiger partial charge on any atom is -0.374 e. The average molecular weight is 256 g/mol. The van der Waals surface area contributed by atoms with Crippen LogP contribution in [0.25, 0.3) is 0 Å². The van der Waals surface area contributed by atoms with E-state index in [9.17, 15) is 8.78 Å². The maximum atomic E-state index is 13.9. The van der Waals surface area contributed by atoms with Gasteiger partial charge in [-0.2, -0.15) is 0 Å². The molecule has 1 heterocycles. The van der Waals surface area contributed by atoms with E-state index in [0.29, 0.717) is 18.7 Å². The standard InChI is InChI=1S/C13H18F2N2O/c1-2-17-6-7-18-11(8-16)13(17)9-4-3-5-10(14)12(9)15/h3-5,11,13H,2,6-8,16H2,1H3. The van der Waals surface area contributed by atoms with Gasteiger partial charge in [0, 0.05) is 18.7 Å². The second-order valence-electron chi connectivity index (χ2n) is 4.36. The first-order valence-electron chi connectivity index (χ1n) is 6.18. The quantitative estimate of drug-likeness (QED) is 0.894. The van der Waals surface area contributed by atoms with Gasteiger partial charge in [-0.3, -0.25) is 4.90 Å². The van der Waals surface area contributed by atoms with E-state index in [2.05, 4.69) is 4.90 Å². The summed E-state index contributed by atoms with van der Waals surface area (Å²) in [6.07, 6.45) is -0.296. The first kappa shape index (κ1) is 13.4. The highest BCUT2D eigenvalue weighted by molar-refractivity contribution is 5.24. The Balaban J connectivity index is 2.39. The van der Waals surface area contributed by atoms with Gasteiger partial charge in [0.25, 0.3) is 0 Å². The Labute approximate surface area is 106 Å². The predicted octanol–water partition coefficient (Wildman–Crippen LogP) is 1.69. The molecule has 18 heavy (non-hydrogen) atoms. The van der Waals surface area contributed by atoms with E-state index in [0.717, 1.165) is 12.6 Å². The normalized spacial score (nSPS) is 25.3. The van der Waals surface area contributed by atoms with Crippen molar-refractivity contribution in [3.8, 4) is 0 Å². The molecule has 1 aromatic rings. The van der Waals surface area contributed by atoms with E-state index in [-0.39, 0.29) is 18.7 Å². The van der Waals surface area contributed by atoms with Crippen molar-refractivity contribution in [3.63, 3.8) is 0 Å². The van der Waals surface area contributed by atoms with Crippen LogP contribution < -0.4 is 5.73 Å². The molecule has 0 saturated carbocycles. The minimum absolute atomic E-state index is 0.289. The number of hydrogen-bond acceptors (Lipinski definition) is 3. The summed E-state index contributed by atoms with van der Waals surface area (Å²) in [6.45, 7) is 4.30. The Bertz CT molecular complexity index is 402. The molecule has 0 amide bonds. The predicted molar refractivity (Wildman–Crippen MR) is 65.1 cm³/mol. The topological polar surface area (TPSA) is 38.5 Å². The molecule has 1 fully saturated rings. The van der Waals surface area contributed by atoms with Crippen molar-refractivity contribution in [2.75, 3.05) is 26.2 Å². The summed E-state index contributed by atoms with van der Waals surface area (Å²) in [5, 5.41) is 0. The zero-order valence-corrected chi connectivity index (χ0v) is 10.4. The molecule has 0 aromatic heterocycles. The SMILES string of the molecule is CCN1CCOC(CN)C1c1cccc(F)c1F. The third-order valence-corrected chi connectivity index (χ3v) is 3.39. The lowest BCUT2D eigenvalue weighted by atomic mass is 9.97. The van der Waals surface area contributed by atoms with Crippen molar-refractivity contribution in [2.45, 2.75) is 19.1 Å². The lowest BCUT2D eigenvalue weighted by Crippen LogP contribution is -2.48. The average Bonchev–Trinajstić information content (AvgIpc) is 2.41. The van der Waals surface area contributed by atoms with Crippen LogP contribution in [0.4, 0.5) is 8.78 Å². The van der Waals surface area contributed by atoms with E-state index in [1.54, 1.807) is 6.07 Å². The van der Waals surface area contributed by atoms with Gasteiger partial charge in [-0.15, -0.1) is 0 Å². The fourth-order valence-corrected chi connectivity index (χ4v) is 2.48. The van der Waals surface area contributed by atoms with Gasteiger partial charge in [-0.1, -0.05) is 19.1 Å². The van der Waals surface area contributed by atoms with Crippen molar-refractivity contribution >= 4 is 0 Å². The highest BCUT2D eigenvalue weighted by Gasteiger charge is 2.34. The summed E-state index contributed by atoms with van der Waals surface area (Å²) >= 11 is 0. The molecule has 0 radical (unpaired) electrons. The molecule has 3 nitrogen and oxygen atoms in total. The van der Waals surface area contributed by atoms with Crippen LogP contribution in [0.5, 0.6) is 0 Å². The maximum absolute atomic E-state index is 13.9. The van der Waals surface area contributed by atoms with E-state index >= 15 is 0 Å². The number of halogens is 2. The highest BCUT2D eigenvalue weighted by Crippen LogP contribution is 2.31. The van der Waals surface area contributed by atoms with Gasteiger partial charge >= 0.3 is 0 Å². The number of benzene rings is 1. The number of ether oxygens (including phenoxy) is 1. The molecular weight excluding hydrogens is 238 g/mol. The van der Waals surface area contributed by atoms with E-state index < -0.39 is 11.6 Å². The van der Waals surface area contributed by atoms with Crippen LogP contribution in [0.1, 0.15) is 18.5 Å². The Morgan fingerprint density at radius 3 is 2.89 bits per heavy atom. The maximum Gasteiger partial charge on any atom is 0.163 e. The number of nitrogens with two attached hydrogens (primary N) is 1. The molecule has 1 aromatic carbocycles.